The number of halogens is 4. The molecular weight excluding hydrogens is 385 g/mol. The Hall–Kier alpha value is -2.13. The molecular formula is C17H18ClF3N4O2. The summed E-state index contributed by atoms with van der Waals surface area (Å²) in [4.78, 5) is 22.4. The first-order chi connectivity index (χ1) is 12.6. The molecule has 3 atom stereocenters. The number of aromatic nitrogens is 2. The minimum Gasteiger partial charge on any atom is -0.358 e. The maximum Gasteiger partial charge on any atom is 0.522 e. The van der Waals surface area contributed by atoms with Crippen molar-refractivity contribution in [2.75, 3.05) is 11.9 Å². The van der Waals surface area contributed by atoms with Gasteiger partial charge in [-0.3, -0.25) is 9.53 Å². The van der Waals surface area contributed by atoms with E-state index in [1.807, 2.05) is 0 Å². The van der Waals surface area contributed by atoms with E-state index in [1.54, 1.807) is 32.0 Å². The molecule has 2 aromatic rings. The maximum absolute atomic E-state index is 12.7. The largest absolute Gasteiger partial charge is 0.522 e. The normalized spacial score (nSPS) is 21.5. The van der Waals surface area contributed by atoms with Crippen molar-refractivity contribution in [3.63, 3.8) is 0 Å². The van der Waals surface area contributed by atoms with Gasteiger partial charge >= 0.3 is 6.36 Å². The number of hydrogen-bond acceptors (Lipinski definition) is 5. The lowest BCUT2D eigenvalue weighted by atomic mass is 10.2. The Morgan fingerprint density at radius 1 is 1.41 bits per heavy atom. The second-order valence-electron chi connectivity index (χ2n) is 6.51. The van der Waals surface area contributed by atoms with Gasteiger partial charge in [0.1, 0.15) is 18.2 Å². The van der Waals surface area contributed by atoms with E-state index in [9.17, 15) is 18.0 Å². The van der Waals surface area contributed by atoms with E-state index < -0.39 is 18.5 Å². The minimum atomic E-state index is -4.71. The standard InChI is InChI=1S/C17H18ClF3N4O2/c1-9-5-12(27-17(19,20)21)7-25(9)16(26)10(2)24-15-13-4-3-11(18)6-14(13)22-8-23-15/h3-4,6,8-10,12H,5,7H2,1-2H3,(H,22,23,24)/t9-,10+,12+/m0/s1. The molecule has 10 heteroatoms. The molecule has 0 saturated carbocycles. The summed E-state index contributed by atoms with van der Waals surface area (Å²) in [6.45, 7) is 3.23. The Bertz CT molecular complexity index is 849. The molecule has 0 spiro atoms. The van der Waals surface area contributed by atoms with E-state index >= 15 is 0 Å². The van der Waals surface area contributed by atoms with E-state index in [1.165, 1.54) is 11.2 Å². The Morgan fingerprint density at radius 2 is 2.15 bits per heavy atom. The van der Waals surface area contributed by atoms with Crippen molar-refractivity contribution < 1.29 is 22.7 Å². The van der Waals surface area contributed by atoms with Crippen LogP contribution in [-0.2, 0) is 9.53 Å². The van der Waals surface area contributed by atoms with Gasteiger partial charge in [0, 0.05) is 23.0 Å². The van der Waals surface area contributed by atoms with Gasteiger partial charge < -0.3 is 10.2 Å². The van der Waals surface area contributed by atoms with Gasteiger partial charge in [-0.15, -0.1) is 13.2 Å². The number of benzene rings is 1. The van der Waals surface area contributed by atoms with Gasteiger partial charge in [0.05, 0.1) is 11.6 Å². The zero-order chi connectivity index (χ0) is 19.8. The maximum atomic E-state index is 12.7. The number of carbonyl (C=O) groups is 1. The van der Waals surface area contributed by atoms with Gasteiger partial charge in [-0.2, -0.15) is 0 Å². The molecule has 1 aromatic heterocycles. The van der Waals surface area contributed by atoms with Crippen molar-refractivity contribution in [3.05, 3.63) is 29.5 Å². The average molecular weight is 403 g/mol. The Labute approximate surface area is 158 Å². The Kier molecular flexibility index (Phi) is 5.43. The lowest BCUT2D eigenvalue weighted by molar-refractivity contribution is -0.340. The van der Waals surface area contributed by atoms with Gasteiger partial charge in [-0.05, 0) is 38.5 Å². The first-order valence-corrected chi connectivity index (χ1v) is 8.73. The molecule has 1 aliphatic rings. The van der Waals surface area contributed by atoms with Crippen LogP contribution in [-0.4, -0.2) is 51.9 Å². The molecule has 2 heterocycles. The first kappa shape index (κ1) is 19.6. The van der Waals surface area contributed by atoms with Crippen molar-refractivity contribution in [1.29, 1.82) is 0 Å². The highest BCUT2D eigenvalue weighted by Gasteiger charge is 2.41. The van der Waals surface area contributed by atoms with E-state index in [4.69, 9.17) is 11.6 Å². The number of carbonyl (C=O) groups excluding carboxylic acids is 1. The fourth-order valence-corrected chi connectivity index (χ4v) is 3.39. The van der Waals surface area contributed by atoms with E-state index in [-0.39, 0.29) is 24.9 Å². The molecule has 1 aromatic carbocycles. The van der Waals surface area contributed by atoms with Crippen molar-refractivity contribution in [2.24, 2.45) is 0 Å². The molecule has 1 aliphatic heterocycles. The number of fused-ring (bicyclic) bond motifs is 1. The van der Waals surface area contributed by atoms with E-state index in [0.717, 1.165) is 0 Å². The highest BCUT2D eigenvalue weighted by Crippen LogP contribution is 2.28. The smallest absolute Gasteiger partial charge is 0.358 e. The van der Waals surface area contributed by atoms with Crippen molar-refractivity contribution in [1.82, 2.24) is 14.9 Å². The fraction of sp³-hybridized carbons (Fsp3) is 0.471. The second-order valence-corrected chi connectivity index (χ2v) is 6.95. The third kappa shape index (κ3) is 4.59. The summed E-state index contributed by atoms with van der Waals surface area (Å²) in [5, 5.41) is 4.23. The Balaban J connectivity index is 1.71. The molecule has 1 N–H and O–H groups in total. The molecule has 6 nitrogen and oxygen atoms in total. The van der Waals surface area contributed by atoms with Crippen LogP contribution in [0.1, 0.15) is 20.3 Å². The van der Waals surface area contributed by atoms with Gasteiger partial charge in [-0.25, -0.2) is 9.97 Å². The van der Waals surface area contributed by atoms with Crippen LogP contribution in [0.3, 0.4) is 0 Å². The summed E-state index contributed by atoms with van der Waals surface area (Å²) in [6, 6.07) is 4.06. The second kappa shape index (κ2) is 7.47. The van der Waals surface area contributed by atoms with Gasteiger partial charge in [0.2, 0.25) is 5.91 Å². The number of nitrogens with zero attached hydrogens (tertiary/aromatic N) is 3. The highest BCUT2D eigenvalue weighted by molar-refractivity contribution is 6.31. The van der Waals surface area contributed by atoms with Crippen LogP contribution in [0.15, 0.2) is 24.5 Å². The van der Waals surface area contributed by atoms with Gasteiger partial charge in [0.15, 0.2) is 0 Å². The topological polar surface area (TPSA) is 67.4 Å². The Morgan fingerprint density at radius 3 is 2.85 bits per heavy atom. The number of ether oxygens (including phenoxy) is 1. The molecule has 1 fully saturated rings. The minimum absolute atomic E-state index is 0.105. The quantitative estimate of drug-likeness (QED) is 0.846. The highest BCUT2D eigenvalue weighted by atomic mass is 35.5. The predicted molar refractivity (Wildman–Crippen MR) is 94.4 cm³/mol. The predicted octanol–water partition coefficient (Wildman–Crippen LogP) is 3.61. The SMILES string of the molecule is C[C@@H](Nc1ncnc2cc(Cl)ccc12)C(=O)N1C[C@H](OC(F)(F)F)C[C@@H]1C. The number of anilines is 1. The summed E-state index contributed by atoms with van der Waals surface area (Å²) in [5.41, 5.74) is 0.618. The number of rotatable bonds is 4. The third-order valence-electron chi connectivity index (χ3n) is 4.44. The summed E-state index contributed by atoms with van der Waals surface area (Å²) < 4.78 is 41.3. The summed E-state index contributed by atoms with van der Waals surface area (Å²) in [5.74, 6) is 0.129. The summed E-state index contributed by atoms with van der Waals surface area (Å²) in [6.07, 6.45) is -4.29. The first-order valence-electron chi connectivity index (χ1n) is 8.36. The number of hydrogen-bond donors (Lipinski definition) is 1. The summed E-state index contributed by atoms with van der Waals surface area (Å²) >= 11 is 5.96. The molecule has 1 saturated heterocycles. The van der Waals surface area contributed by atoms with Crippen LogP contribution >= 0.6 is 11.6 Å². The molecule has 1 amide bonds. The molecule has 146 valence electrons. The van der Waals surface area contributed by atoms with Crippen LogP contribution in [0.2, 0.25) is 5.02 Å². The van der Waals surface area contributed by atoms with E-state index in [2.05, 4.69) is 20.0 Å². The van der Waals surface area contributed by atoms with Gasteiger partial charge in [0.25, 0.3) is 0 Å². The lowest BCUT2D eigenvalue weighted by Crippen LogP contribution is -2.43. The number of alkyl halides is 3. The third-order valence-corrected chi connectivity index (χ3v) is 4.68. The summed E-state index contributed by atoms with van der Waals surface area (Å²) in [7, 11) is 0. The van der Waals surface area contributed by atoms with E-state index in [0.29, 0.717) is 21.7 Å². The van der Waals surface area contributed by atoms with Crippen LogP contribution in [0.4, 0.5) is 19.0 Å². The van der Waals surface area contributed by atoms with Crippen LogP contribution < -0.4 is 5.32 Å². The lowest BCUT2D eigenvalue weighted by Gasteiger charge is -2.26. The molecule has 0 bridgehead atoms. The van der Waals surface area contributed by atoms with Gasteiger partial charge in [-0.1, -0.05) is 11.6 Å². The monoisotopic (exact) mass is 402 g/mol. The molecule has 27 heavy (non-hydrogen) atoms. The molecule has 3 rings (SSSR count). The van der Waals surface area contributed by atoms with Crippen LogP contribution in [0.5, 0.6) is 0 Å². The number of amides is 1. The fourth-order valence-electron chi connectivity index (χ4n) is 3.22. The van der Waals surface area contributed by atoms with Crippen molar-refractivity contribution in [3.8, 4) is 0 Å². The molecule has 0 unspecified atom stereocenters. The molecule has 0 aliphatic carbocycles. The molecule has 0 radical (unpaired) electrons. The zero-order valence-electron chi connectivity index (χ0n) is 14.6. The number of nitrogens with one attached hydrogen (secondary N) is 1. The van der Waals surface area contributed by atoms with Crippen LogP contribution in [0.25, 0.3) is 10.9 Å². The average Bonchev–Trinajstić information content (AvgIpc) is 2.92. The zero-order valence-corrected chi connectivity index (χ0v) is 15.4. The van der Waals surface area contributed by atoms with Crippen LogP contribution in [0, 0.1) is 0 Å². The number of likely N-dealkylation sites (tertiary alicyclic amines) is 1. The van der Waals surface area contributed by atoms with Crippen molar-refractivity contribution in [2.45, 2.75) is 44.8 Å². The van der Waals surface area contributed by atoms with Crippen molar-refractivity contribution >= 4 is 34.2 Å².